The number of hydrogen-bond acceptors (Lipinski definition) is 6. The molecule has 180 valence electrons. The third-order valence-electron chi connectivity index (χ3n) is 8.35. The van der Waals surface area contributed by atoms with Gasteiger partial charge in [0.05, 0.1) is 14.2 Å². The van der Waals surface area contributed by atoms with Crippen molar-refractivity contribution in [2.24, 2.45) is 23.7 Å². The normalized spacial score (nSPS) is 36.6. The van der Waals surface area contributed by atoms with Crippen molar-refractivity contribution in [1.82, 2.24) is 0 Å². The van der Waals surface area contributed by atoms with Gasteiger partial charge in [0.1, 0.15) is 5.60 Å². The topological polar surface area (TPSA) is 61.8 Å². The standard InChI is InChI=1S/C24H27F3O5S/c1-22(15-5-12-4-13(7-15)8-16(22)6-12)32-21(29)23(33-24(25,26)27)11-14-9-18(30-2)19(31-3)10-17(14)20(23)28/h9-10,12-13,15-16H,4-8,11H2,1-3H3. The molecule has 5 aliphatic carbocycles. The lowest BCUT2D eigenvalue weighted by atomic mass is 9.50. The van der Waals surface area contributed by atoms with Crippen LogP contribution in [0.25, 0.3) is 0 Å². The molecule has 0 saturated heterocycles. The molecule has 4 fully saturated rings. The number of Topliss-reactive ketones (excluding diaryl/α,β-unsaturated/α-hetero) is 1. The highest BCUT2D eigenvalue weighted by molar-refractivity contribution is 8.03. The van der Waals surface area contributed by atoms with Gasteiger partial charge in [0, 0.05) is 12.0 Å². The largest absolute Gasteiger partial charge is 0.493 e. The van der Waals surface area contributed by atoms with Crippen LogP contribution in [0, 0.1) is 23.7 Å². The maximum Gasteiger partial charge on any atom is 0.443 e. The first-order valence-electron chi connectivity index (χ1n) is 11.3. The van der Waals surface area contributed by atoms with Crippen molar-refractivity contribution in [1.29, 1.82) is 0 Å². The number of ketones is 1. The van der Waals surface area contributed by atoms with Gasteiger partial charge in [-0.15, -0.1) is 0 Å². The fraction of sp³-hybridized carbons (Fsp3) is 0.667. The Morgan fingerprint density at radius 3 is 2.06 bits per heavy atom. The van der Waals surface area contributed by atoms with Crippen LogP contribution in [0.15, 0.2) is 12.1 Å². The van der Waals surface area contributed by atoms with Crippen LogP contribution >= 0.6 is 11.8 Å². The van der Waals surface area contributed by atoms with Gasteiger partial charge in [0.2, 0.25) is 0 Å². The maximum atomic E-state index is 13.7. The van der Waals surface area contributed by atoms with Crippen LogP contribution in [-0.2, 0) is 16.0 Å². The molecule has 1 atom stereocenters. The Hall–Kier alpha value is -1.90. The van der Waals surface area contributed by atoms with Crippen LogP contribution in [0.2, 0.25) is 0 Å². The van der Waals surface area contributed by atoms with Gasteiger partial charge < -0.3 is 14.2 Å². The van der Waals surface area contributed by atoms with Crippen molar-refractivity contribution >= 4 is 23.5 Å². The molecular weight excluding hydrogens is 457 g/mol. The number of methoxy groups -OCH3 is 2. The quantitative estimate of drug-likeness (QED) is 0.423. The van der Waals surface area contributed by atoms with Gasteiger partial charge in [-0.25, -0.2) is 0 Å². The lowest BCUT2D eigenvalue weighted by Gasteiger charge is -2.59. The van der Waals surface area contributed by atoms with Gasteiger partial charge >= 0.3 is 11.5 Å². The molecule has 0 aromatic heterocycles. The molecule has 0 spiro atoms. The molecule has 5 nitrogen and oxygen atoms in total. The van der Waals surface area contributed by atoms with Gasteiger partial charge in [0.25, 0.3) is 0 Å². The van der Waals surface area contributed by atoms with Gasteiger partial charge in [-0.3, -0.25) is 9.59 Å². The number of hydrogen-bond donors (Lipinski definition) is 0. The summed E-state index contributed by atoms with van der Waals surface area (Å²) in [5.74, 6) is 0.00806. The number of ether oxygens (including phenoxy) is 3. The highest BCUT2D eigenvalue weighted by Gasteiger charge is 2.63. The summed E-state index contributed by atoms with van der Waals surface area (Å²) in [6.07, 6.45) is 4.51. The Bertz CT molecular complexity index is 979. The summed E-state index contributed by atoms with van der Waals surface area (Å²) in [5, 5.41) is 0. The second-order valence-corrected chi connectivity index (χ2v) is 11.5. The minimum atomic E-state index is -4.80. The van der Waals surface area contributed by atoms with E-state index in [4.69, 9.17) is 14.2 Å². The molecule has 33 heavy (non-hydrogen) atoms. The highest BCUT2D eigenvalue weighted by atomic mass is 32.2. The van der Waals surface area contributed by atoms with Gasteiger partial charge in [-0.2, -0.15) is 13.2 Å². The van der Waals surface area contributed by atoms with Crippen LogP contribution in [-0.4, -0.2) is 41.8 Å². The molecule has 0 amide bonds. The van der Waals surface area contributed by atoms with Crippen molar-refractivity contribution in [3.05, 3.63) is 23.3 Å². The molecule has 0 heterocycles. The predicted molar refractivity (Wildman–Crippen MR) is 115 cm³/mol. The predicted octanol–water partition coefficient (Wildman–Crippen LogP) is 5.19. The fourth-order valence-electron chi connectivity index (χ4n) is 6.90. The minimum Gasteiger partial charge on any atom is -0.493 e. The molecule has 6 rings (SSSR count). The van der Waals surface area contributed by atoms with Gasteiger partial charge in [-0.05, 0) is 92.2 Å². The van der Waals surface area contributed by atoms with E-state index < -0.39 is 45.8 Å². The molecule has 0 aliphatic heterocycles. The first-order chi connectivity index (χ1) is 15.5. The Balaban J connectivity index is 1.51. The molecule has 4 saturated carbocycles. The van der Waals surface area contributed by atoms with Crippen LogP contribution < -0.4 is 9.47 Å². The van der Waals surface area contributed by atoms with Crippen molar-refractivity contribution in [3.63, 3.8) is 0 Å². The number of carbonyl (C=O) groups excluding carboxylic acids is 2. The van der Waals surface area contributed by atoms with E-state index in [1.807, 2.05) is 6.92 Å². The summed E-state index contributed by atoms with van der Waals surface area (Å²) in [4.78, 5) is 27.0. The number of esters is 1. The van der Waals surface area contributed by atoms with Crippen molar-refractivity contribution in [3.8, 4) is 11.5 Å². The van der Waals surface area contributed by atoms with E-state index in [9.17, 15) is 22.8 Å². The molecule has 4 bridgehead atoms. The number of fused-ring (bicyclic) bond motifs is 1. The Morgan fingerprint density at radius 2 is 1.55 bits per heavy atom. The molecule has 5 aliphatic rings. The van der Waals surface area contributed by atoms with Crippen LogP contribution in [0.1, 0.15) is 54.9 Å². The zero-order valence-electron chi connectivity index (χ0n) is 18.8. The zero-order chi connectivity index (χ0) is 23.8. The van der Waals surface area contributed by atoms with E-state index in [2.05, 4.69) is 0 Å². The average Bonchev–Trinajstić information content (AvgIpc) is 3.01. The fourth-order valence-corrected chi connectivity index (χ4v) is 7.85. The van der Waals surface area contributed by atoms with Crippen LogP contribution in [0.4, 0.5) is 13.2 Å². The van der Waals surface area contributed by atoms with Crippen molar-refractivity contribution in [2.75, 3.05) is 14.2 Å². The van der Waals surface area contributed by atoms with Crippen LogP contribution in [0.3, 0.4) is 0 Å². The van der Waals surface area contributed by atoms with E-state index in [1.165, 1.54) is 32.8 Å². The SMILES string of the molecule is COc1cc2c(cc1OC)C(=O)C(SC(F)(F)F)(C(=O)OC1(C)C3CC4CC(C3)CC1C4)C2. The second-order valence-electron chi connectivity index (χ2n) is 10.1. The second kappa shape index (κ2) is 7.55. The van der Waals surface area contributed by atoms with E-state index >= 15 is 0 Å². The number of rotatable bonds is 5. The van der Waals surface area contributed by atoms with Crippen molar-refractivity contribution < 1.29 is 37.0 Å². The summed E-state index contributed by atoms with van der Waals surface area (Å²) >= 11 is -0.570. The number of alkyl halides is 3. The first kappa shape index (κ1) is 22.9. The van der Waals surface area contributed by atoms with E-state index in [0.29, 0.717) is 23.1 Å². The number of carbonyl (C=O) groups is 2. The lowest BCUT2D eigenvalue weighted by molar-refractivity contribution is -0.204. The Kier molecular flexibility index (Phi) is 5.23. The Labute approximate surface area is 194 Å². The van der Waals surface area contributed by atoms with E-state index in [-0.39, 0.29) is 23.1 Å². The number of halogens is 3. The summed E-state index contributed by atoms with van der Waals surface area (Å²) in [7, 11) is 2.78. The van der Waals surface area contributed by atoms with E-state index in [0.717, 1.165) is 25.7 Å². The number of thioether (sulfide) groups is 1. The van der Waals surface area contributed by atoms with Gasteiger partial charge in [0.15, 0.2) is 22.0 Å². The smallest absolute Gasteiger partial charge is 0.443 e. The molecule has 9 heteroatoms. The molecule has 1 unspecified atom stereocenters. The summed E-state index contributed by atoms with van der Waals surface area (Å²) in [6.45, 7) is 1.86. The average molecular weight is 485 g/mol. The Morgan fingerprint density at radius 1 is 1.00 bits per heavy atom. The molecular formula is C24H27F3O5S. The summed E-state index contributed by atoms with van der Waals surface area (Å²) in [6, 6.07) is 2.83. The summed E-state index contributed by atoms with van der Waals surface area (Å²) in [5.41, 5.74) is -5.28. The molecule has 1 aromatic carbocycles. The van der Waals surface area contributed by atoms with Crippen LogP contribution in [0.5, 0.6) is 11.5 Å². The minimum absolute atomic E-state index is 0.0385. The third-order valence-corrected chi connectivity index (χ3v) is 9.43. The van der Waals surface area contributed by atoms with Crippen molar-refractivity contribution in [2.45, 2.75) is 61.3 Å². The zero-order valence-corrected chi connectivity index (χ0v) is 19.6. The third kappa shape index (κ3) is 3.53. The summed E-state index contributed by atoms with van der Waals surface area (Å²) < 4.78 is 55.2. The highest BCUT2D eigenvalue weighted by Crippen LogP contribution is 2.60. The first-order valence-corrected chi connectivity index (χ1v) is 12.1. The monoisotopic (exact) mass is 484 g/mol. The molecule has 1 aromatic rings. The number of benzene rings is 1. The molecule has 0 N–H and O–H groups in total. The van der Waals surface area contributed by atoms with Gasteiger partial charge in [-0.1, -0.05) is 0 Å². The van der Waals surface area contributed by atoms with E-state index in [1.54, 1.807) is 0 Å². The molecule has 0 radical (unpaired) electrons. The lowest BCUT2D eigenvalue weighted by Crippen LogP contribution is -2.60. The maximum absolute atomic E-state index is 13.7.